The van der Waals surface area contributed by atoms with Crippen molar-refractivity contribution in [3.05, 3.63) is 66.4 Å². The highest BCUT2D eigenvalue weighted by Crippen LogP contribution is 2.34. The maximum atomic E-state index is 13.0. The highest BCUT2D eigenvalue weighted by atomic mass is 19.1. The Hall–Kier alpha value is -2.49. The number of aromatic nitrogens is 2. The number of nitrogens with zero attached hydrogens (tertiary/aromatic N) is 3. The number of rotatable bonds is 5. The molecule has 4 heteroatoms. The molecule has 1 aliphatic rings. The maximum Gasteiger partial charge on any atom is 0.136 e. The Balaban J connectivity index is 1.61. The Labute approximate surface area is 134 Å². The van der Waals surface area contributed by atoms with Crippen molar-refractivity contribution >= 4 is 16.6 Å². The molecular weight excluding hydrogens is 289 g/mol. The van der Waals surface area contributed by atoms with E-state index in [1.165, 1.54) is 25.0 Å². The van der Waals surface area contributed by atoms with Crippen LogP contribution in [0.25, 0.3) is 10.8 Å². The summed E-state index contributed by atoms with van der Waals surface area (Å²) in [4.78, 5) is 11.2. The molecule has 1 aromatic carbocycles. The van der Waals surface area contributed by atoms with Gasteiger partial charge in [-0.1, -0.05) is 12.1 Å². The van der Waals surface area contributed by atoms with Gasteiger partial charge in [0.1, 0.15) is 11.6 Å². The predicted octanol–water partition coefficient (Wildman–Crippen LogP) is 3.98. The van der Waals surface area contributed by atoms with Crippen LogP contribution in [-0.2, 0) is 6.42 Å². The SMILES string of the molecule is Fc1ccc(CCN(c2nccc3cnccc23)C2CC2)cc1. The third-order valence-corrected chi connectivity index (χ3v) is 4.36. The maximum absolute atomic E-state index is 13.0. The fraction of sp³-hybridized carbons (Fsp3) is 0.263. The van der Waals surface area contributed by atoms with Crippen molar-refractivity contribution in [3.63, 3.8) is 0 Å². The van der Waals surface area contributed by atoms with E-state index in [2.05, 4.69) is 14.9 Å². The smallest absolute Gasteiger partial charge is 0.136 e. The Morgan fingerprint density at radius 2 is 1.87 bits per heavy atom. The number of hydrogen-bond acceptors (Lipinski definition) is 3. The minimum Gasteiger partial charge on any atom is -0.353 e. The molecule has 0 saturated heterocycles. The molecule has 0 spiro atoms. The second kappa shape index (κ2) is 5.95. The van der Waals surface area contributed by atoms with Gasteiger partial charge in [0.25, 0.3) is 0 Å². The third-order valence-electron chi connectivity index (χ3n) is 4.36. The second-order valence-electron chi connectivity index (χ2n) is 6.03. The second-order valence-corrected chi connectivity index (χ2v) is 6.03. The Morgan fingerprint density at radius 1 is 1.04 bits per heavy atom. The Kier molecular flexibility index (Phi) is 3.66. The van der Waals surface area contributed by atoms with Crippen LogP contribution in [0.2, 0.25) is 0 Å². The van der Waals surface area contributed by atoms with Gasteiger partial charge in [0.05, 0.1) is 0 Å². The fourth-order valence-electron chi connectivity index (χ4n) is 2.98. The minimum absolute atomic E-state index is 0.184. The van der Waals surface area contributed by atoms with Crippen LogP contribution in [0, 0.1) is 5.82 Å². The van der Waals surface area contributed by atoms with E-state index < -0.39 is 0 Å². The van der Waals surface area contributed by atoms with Gasteiger partial charge in [-0.2, -0.15) is 0 Å². The van der Waals surface area contributed by atoms with E-state index in [9.17, 15) is 4.39 Å². The van der Waals surface area contributed by atoms with Crippen molar-refractivity contribution < 1.29 is 4.39 Å². The average molecular weight is 307 g/mol. The summed E-state index contributed by atoms with van der Waals surface area (Å²) in [5.74, 6) is 0.852. The van der Waals surface area contributed by atoms with Gasteiger partial charge in [0.15, 0.2) is 0 Å². The summed E-state index contributed by atoms with van der Waals surface area (Å²) in [7, 11) is 0. The van der Waals surface area contributed by atoms with Crippen molar-refractivity contribution in [2.75, 3.05) is 11.4 Å². The lowest BCUT2D eigenvalue weighted by atomic mass is 10.1. The van der Waals surface area contributed by atoms with E-state index in [-0.39, 0.29) is 5.82 Å². The van der Waals surface area contributed by atoms with Gasteiger partial charge in [-0.05, 0) is 49.1 Å². The molecule has 0 unspecified atom stereocenters. The lowest BCUT2D eigenvalue weighted by Gasteiger charge is -2.25. The first-order valence-corrected chi connectivity index (χ1v) is 8.01. The zero-order chi connectivity index (χ0) is 15.6. The molecule has 0 bridgehead atoms. The molecule has 3 aromatic rings. The van der Waals surface area contributed by atoms with Crippen molar-refractivity contribution in [2.24, 2.45) is 0 Å². The summed E-state index contributed by atoms with van der Waals surface area (Å²) < 4.78 is 13.0. The zero-order valence-corrected chi connectivity index (χ0v) is 12.8. The minimum atomic E-state index is -0.184. The summed E-state index contributed by atoms with van der Waals surface area (Å²) in [6.07, 6.45) is 8.87. The number of halogens is 1. The van der Waals surface area contributed by atoms with Crippen LogP contribution in [0.5, 0.6) is 0 Å². The first-order valence-electron chi connectivity index (χ1n) is 8.01. The first-order chi connectivity index (χ1) is 11.3. The molecule has 2 heterocycles. The molecule has 0 radical (unpaired) electrons. The summed E-state index contributed by atoms with van der Waals surface area (Å²) in [5.41, 5.74) is 1.15. The zero-order valence-electron chi connectivity index (χ0n) is 12.8. The van der Waals surface area contributed by atoms with Crippen LogP contribution in [0.1, 0.15) is 18.4 Å². The lowest BCUT2D eigenvalue weighted by Crippen LogP contribution is -2.29. The van der Waals surface area contributed by atoms with Crippen LogP contribution in [-0.4, -0.2) is 22.6 Å². The average Bonchev–Trinajstić information content (AvgIpc) is 3.42. The summed E-state index contributed by atoms with van der Waals surface area (Å²) >= 11 is 0. The van der Waals surface area contributed by atoms with Crippen LogP contribution in [0.4, 0.5) is 10.2 Å². The van der Waals surface area contributed by atoms with Gasteiger partial charge < -0.3 is 4.90 Å². The standard InChI is InChI=1S/C19H18FN3/c20-16-3-1-14(2-4-16)9-12-23(17-5-6-17)19-18-8-10-21-13-15(18)7-11-22-19/h1-4,7-8,10-11,13,17H,5-6,9,12H2. The Bertz CT molecular complexity index is 807. The molecule has 0 N–H and O–H groups in total. The largest absolute Gasteiger partial charge is 0.353 e. The van der Waals surface area contributed by atoms with Crippen LogP contribution in [0.3, 0.4) is 0 Å². The number of anilines is 1. The number of hydrogen-bond donors (Lipinski definition) is 0. The molecule has 4 rings (SSSR count). The van der Waals surface area contributed by atoms with Crippen LogP contribution >= 0.6 is 0 Å². The molecule has 23 heavy (non-hydrogen) atoms. The first kappa shape index (κ1) is 14.1. The van der Waals surface area contributed by atoms with Crippen LogP contribution in [0.15, 0.2) is 55.0 Å². The molecule has 3 nitrogen and oxygen atoms in total. The van der Waals surface area contributed by atoms with Gasteiger partial charge in [-0.3, -0.25) is 4.98 Å². The quantitative estimate of drug-likeness (QED) is 0.714. The predicted molar refractivity (Wildman–Crippen MR) is 90.0 cm³/mol. The molecule has 0 atom stereocenters. The van der Waals surface area contributed by atoms with Crippen molar-refractivity contribution in [3.8, 4) is 0 Å². The normalized spacial score (nSPS) is 14.1. The van der Waals surface area contributed by atoms with Crippen molar-refractivity contribution in [2.45, 2.75) is 25.3 Å². The van der Waals surface area contributed by atoms with E-state index in [4.69, 9.17) is 0 Å². The van der Waals surface area contributed by atoms with Crippen LogP contribution < -0.4 is 4.90 Å². The summed E-state index contributed by atoms with van der Waals surface area (Å²) in [6.45, 7) is 0.894. The van der Waals surface area contributed by atoms with E-state index in [0.29, 0.717) is 6.04 Å². The number of benzene rings is 1. The van der Waals surface area contributed by atoms with Gasteiger partial charge in [0, 0.05) is 41.9 Å². The summed E-state index contributed by atoms with van der Waals surface area (Å²) in [5, 5.41) is 2.26. The molecule has 2 aromatic heterocycles. The fourth-order valence-corrected chi connectivity index (χ4v) is 2.98. The monoisotopic (exact) mass is 307 g/mol. The van der Waals surface area contributed by atoms with E-state index in [1.54, 1.807) is 0 Å². The highest BCUT2D eigenvalue weighted by molar-refractivity contribution is 5.91. The van der Waals surface area contributed by atoms with Gasteiger partial charge in [-0.25, -0.2) is 9.37 Å². The lowest BCUT2D eigenvalue weighted by molar-refractivity contribution is 0.626. The van der Waals surface area contributed by atoms with Crippen molar-refractivity contribution in [1.82, 2.24) is 9.97 Å². The Morgan fingerprint density at radius 3 is 2.65 bits per heavy atom. The summed E-state index contributed by atoms with van der Waals surface area (Å²) in [6, 6.07) is 11.4. The van der Waals surface area contributed by atoms with Gasteiger partial charge >= 0.3 is 0 Å². The van der Waals surface area contributed by atoms with Gasteiger partial charge in [0.2, 0.25) is 0 Å². The highest BCUT2D eigenvalue weighted by Gasteiger charge is 2.30. The molecule has 116 valence electrons. The molecule has 1 fully saturated rings. The van der Waals surface area contributed by atoms with E-state index in [1.807, 2.05) is 42.9 Å². The van der Waals surface area contributed by atoms with E-state index in [0.717, 1.165) is 35.1 Å². The molecular formula is C19H18FN3. The molecule has 1 aliphatic carbocycles. The topological polar surface area (TPSA) is 29.0 Å². The number of pyridine rings is 2. The van der Waals surface area contributed by atoms with Gasteiger partial charge in [-0.15, -0.1) is 0 Å². The molecule has 1 saturated carbocycles. The number of fused-ring (bicyclic) bond motifs is 1. The van der Waals surface area contributed by atoms with E-state index >= 15 is 0 Å². The third kappa shape index (κ3) is 3.02. The molecule has 0 aliphatic heterocycles. The van der Waals surface area contributed by atoms with Crippen molar-refractivity contribution in [1.29, 1.82) is 0 Å². The molecule has 0 amide bonds.